The first-order valence-corrected chi connectivity index (χ1v) is 11.6. The van der Waals surface area contributed by atoms with Crippen LogP contribution in [0.15, 0.2) is 69.3 Å². The molecule has 3 rings (SSSR count). The molecule has 1 aliphatic rings. The highest BCUT2D eigenvalue weighted by atomic mass is 32.2. The molecular weight excluding hydrogens is 412 g/mol. The molecular formula is C20H24N2O5S2. The van der Waals surface area contributed by atoms with E-state index in [0.29, 0.717) is 26.3 Å². The van der Waals surface area contributed by atoms with Gasteiger partial charge in [0.2, 0.25) is 0 Å². The van der Waals surface area contributed by atoms with Crippen molar-refractivity contribution < 1.29 is 23.1 Å². The normalized spacial score (nSPS) is 16.4. The van der Waals surface area contributed by atoms with Crippen LogP contribution in [0.1, 0.15) is 0 Å². The maximum absolute atomic E-state index is 13.3. The van der Waals surface area contributed by atoms with Crippen molar-refractivity contribution in [2.45, 2.75) is 20.1 Å². The Bertz CT molecular complexity index is 898. The zero-order valence-electron chi connectivity index (χ0n) is 15.9. The molecule has 7 nitrogen and oxygen atoms in total. The molecule has 0 aromatic heterocycles. The van der Waals surface area contributed by atoms with Gasteiger partial charge in [-0.3, -0.25) is 9.69 Å². The van der Waals surface area contributed by atoms with Gasteiger partial charge in [-0.1, -0.05) is 30.0 Å². The molecule has 0 amide bonds. The molecule has 0 spiro atoms. The van der Waals surface area contributed by atoms with Crippen LogP contribution in [0.5, 0.6) is 0 Å². The van der Waals surface area contributed by atoms with E-state index in [4.69, 9.17) is 9.84 Å². The predicted octanol–water partition coefficient (Wildman–Crippen LogP) is 1.94. The third-order valence-corrected chi connectivity index (χ3v) is 7.66. The smallest absolute Gasteiger partial charge is 0.317 e. The molecule has 0 bridgehead atoms. The summed E-state index contributed by atoms with van der Waals surface area (Å²) in [7, 11) is -3.68. The van der Waals surface area contributed by atoms with Gasteiger partial charge in [-0.05, 0) is 36.4 Å². The summed E-state index contributed by atoms with van der Waals surface area (Å²) in [6.45, 7) is 1.63. The average Bonchev–Trinajstić information content (AvgIpc) is 2.73. The van der Waals surface area contributed by atoms with Crippen LogP contribution < -0.4 is 5.32 Å². The van der Waals surface area contributed by atoms with Gasteiger partial charge in [0.05, 0.1) is 24.7 Å². The minimum Gasteiger partial charge on any atom is -0.480 e. The van der Waals surface area contributed by atoms with E-state index in [1.165, 1.54) is 0 Å². The molecule has 1 saturated heterocycles. The van der Waals surface area contributed by atoms with E-state index in [0.717, 1.165) is 9.79 Å². The molecule has 2 N–H and O–H groups in total. The van der Waals surface area contributed by atoms with Crippen molar-refractivity contribution >= 4 is 27.6 Å². The molecule has 1 unspecified atom stereocenters. The maximum Gasteiger partial charge on any atom is 0.317 e. The van der Waals surface area contributed by atoms with Crippen molar-refractivity contribution in [1.29, 1.82) is 0 Å². The fourth-order valence-electron chi connectivity index (χ4n) is 3.08. The Morgan fingerprint density at radius 2 is 1.69 bits per heavy atom. The van der Waals surface area contributed by atoms with Gasteiger partial charge in [0.25, 0.3) is 0 Å². The summed E-state index contributed by atoms with van der Waals surface area (Å²) in [5, 5.41) is 10.7. The number of rotatable bonds is 9. The van der Waals surface area contributed by atoms with E-state index >= 15 is 0 Å². The van der Waals surface area contributed by atoms with Crippen LogP contribution in [0, 0.1) is 0 Å². The summed E-state index contributed by atoms with van der Waals surface area (Å²) in [5.41, 5.74) is 0. The van der Waals surface area contributed by atoms with E-state index in [9.17, 15) is 13.2 Å². The van der Waals surface area contributed by atoms with E-state index in [-0.39, 0.29) is 18.0 Å². The van der Waals surface area contributed by atoms with Gasteiger partial charge < -0.3 is 15.2 Å². The molecule has 1 fully saturated rings. The third kappa shape index (κ3) is 6.03. The average molecular weight is 437 g/mol. The largest absolute Gasteiger partial charge is 0.480 e. The Hall–Kier alpha value is -1.91. The number of carboxylic acid groups (broad SMARTS) is 1. The van der Waals surface area contributed by atoms with Crippen molar-refractivity contribution in [2.24, 2.45) is 0 Å². The van der Waals surface area contributed by atoms with Gasteiger partial charge in [0.1, 0.15) is 5.37 Å². The van der Waals surface area contributed by atoms with Crippen LogP contribution in [0.4, 0.5) is 0 Å². The number of hydrogen-bond acceptors (Lipinski definition) is 7. The fourth-order valence-corrected chi connectivity index (χ4v) is 5.69. The Morgan fingerprint density at radius 1 is 1.07 bits per heavy atom. The molecule has 156 valence electrons. The van der Waals surface area contributed by atoms with E-state index in [1.807, 2.05) is 35.2 Å². The van der Waals surface area contributed by atoms with Gasteiger partial charge in [-0.2, -0.15) is 0 Å². The molecule has 2 aromatic rings. The number of hydrogen-bond donors (Lipinski definition) is 2. The number of sulfone groups is 1. The Balaban J connectivity index is 1.77. The highest BCUT2D eigenvalue weighted by molar-refractivity contribution is 7.99. The van der Waals surface area contributed by atoms with Crippen LogP contribution >= 0.6 is 11.8 Å². The van der Waals surface area contributed by atoms with Crippen LogP contribution in [-0.4, -0.2) is 69.2 Å². The lowest BCUT2D eigenvalue weighted by atomic mass is 10.4. The fraction of sp³-hybridized carbons (Fsp3) is 0.350. The first-order valence-electron chi connectivity index (χ1n) is 9.28. The topological polar surface area (TPSA) is 95.9 Å². The number of nitrogens with one attached hydrogen (secondary N) is 1. The predicted molar refractivity (Wildman–Crippen MR) is 111 cm³/mol. The van der Waals surface area contributed by atoms with Crippen molar-refractivity contribution in [3.8, 4) is 0 Å². The van der Waals surface area contributed by atoms with E-state index in [1.54, 1.807) is 36.0 Å². The molecule has 29 heavy (non-hydrogen) atoms. The number of ether oxygens (including phenoxy) is 1. The van der Waals surface area contributed by atoms with E-state index in [2.05, 4.69) is 5.32 Å². The number of nitrogens with zero attached hydrogens (tertiary/aromatic N) is 1. The van der Waals surface area contributed by atoms with Gasteiger partial charge in [-0.15, -0.1) is 0 Å². The lowest BCUT2D eigenvalue weighted by molar-refractivity contribution is -0.136. The molecule has 1 atom stereocenters. The highest BCUT2D eigenvalue weighted by Crippen LogP contribution is 2.29. The SMILES string of the molecule is O=C(O)CNCC(N1CCOCC1)S(=O)(=O)c1ccc(Sc2ccccc2)cc1. The standard InChI is InChI=1S/C20H24N2O5S2/c23-20(24)15-21-14-19(22-10-12-27-13-11-22)29(25,26)18-8-6-17(7-9-18)28-16-4-2-1-3-5-16/h1-9,19,21H,10-15H2,(H,23,24). The van der Waals surface area contributed by atoms with Crippen LogP contribution in [0.3, 0.4) is 0 Å². The lowest BCUT2D eigenvalue weighted by Gasteiger charge is -2.34. The third-order valence-electron chi connectivity index (χ3n) is 4.54. The van der Waals surface area contributed by atoms with Crippen LogP contribution in [0.25, 0.3) is 0 Å². The Kier molecular flexibility index (Phi) is 7.68. The minimum absolute atomic E-state index is 0.0369. The molecule has 2 aromatic carbocycles. The summed E-state index contributed by atoms with van der Waals surface area (Å²) in [4.78, 5) is 14.9. The summed E-state index contributed by atoms with van der Waals surface area (Å²) in [6, 6.07) is 16.7. The summed E-state index contributed by atoms with van der Waals surface area (Å²) in [6.07, 6.45) is 0. The van der Waals surface area contributed by atoms with Crippen molar-refractivity contribution in [3.05, 3.63) is 54.6 Å². The second-order valence-electron chi connectivity index (χ2n) is 6.56. The summed E-state index contributed by atoms with van der Waals surface area (Å²) < 4.78 is 31.9. The van der Waals surface area contributed by atoms with Crippen molar-refractivity contribution in [1.82, 2.24) is 10.2 Å². The second-order valence-corrected chi connectivity index (χ2v) is 9.81. The number of benzene rings is 2. The highest BCUT2D eigenvalue weighted by Gasteiger charge is 2.33. The van der Waals surface area contributed by atoms with Gasteiger partial charge in [0.15, 0.2) is 9.84 Å². The van der Waals surface area contributed by atoms with Crippen molar-refractivity contribution in [3.63, 3.8) is 0 Å². The van der Waals surface area contributed by atoms with E-state index < -0.39 is 21.2 Å². The van der Waals surface area contributed by atoms with Gasteiger partial charge >= 0.3 is 5.97 Å². The molecule has 9 heteroatoms. The minimum atomic E-state index is -3.68. The Labute approximate surface area is 175 Å². The quantitative estimate of drug-likeness (QED) is 0.616. The van der Waals surface area contributed by atoms with Gasteiger partial charge in [-0.25, -0.2) is 8.42 Å². The number of carboxylic acids is 1. The van der Waals surface area contributed by atoms with Crippen LogP contribution in [0.2, 0.25) is 0 Å². The van der Waals surface area contributed by atoms with Crippen LogP contribution in [-0.2, 0) is 19.4 Å². The maximum atomic E-state index is 13.3. The molecule has 1 heterocycles. The second kappa shape index (κ2) is 10.2. The number of morpholine rings is 1. The Morgan fingerprint density at radius 3 is 2.31 bits per heavy atom. The zero-order valence-corrected chi connectivity index (χ0v) is 17.5. The summed E-state index contributed by atoms with van der Waals surface area (Å²) >= 11 is 1.56. The zero-order chi connectivity index (χ0) is 20.7. The lowest BCUT2D eigenvalue weighted by Crippen LogP contribution is -2.52. The van der Waals surface area contributed by atoms with Crippen molar-refractivity contribution in [2.75, 3.05) is 39.4 Å². The number of carbonyl (C=O) groups is 1. The first-order chi connectivity index (χ1) is 14.0. The summed E-state index contributed by atoms with van der Waals surface area (Å²) in [5.74, 6) is -1.02. The molecule has 0 aliphatic carbocycles. The molecule has 1 aliphatic heterocycles. The number of aliphatic carboxylic acids is 1. The monoisotopic (exact) mass is 436 g/mol. The first kappa shape index (κ1) is 21.8. The molecule has 0 radical (unpaired) electrons. The molecule has 0 saturated carbocycles. The van der Waals surface area contributed by atoms with Gasteiger partial charge in [0, 0.05) is 29.4 Å².